The van der Waals surface area contributed by atoms with Crippen LogP contribution >= 0.6 is 11.6 Å². The normalized spacial score (nSPS) is 10.9. The number of nitrogens with one attached hydrogen (secondary N) is 1. The van der Waals surface area contributed by atoms with Crippen molar-refractivity contribution in [2.75, 3.05) is 29.9 Å². The van der Waals surface area contributed by atoms with Crippen molar-refractivity contribution in [3.05, 3.63) is 47.5 Å². The highest BCUT2D eigenvalue weighted by Gasteiger charge is 2.28. The summed E-state index contributed by atoms with van der Waals surface area (Å²) in [5.74, 6) is -0.626. The van der Waals surface area contributed by atoms with E-state index >= 15 is 0 Å². The van der Waals surface area contributed by atoms with Crippen LogP contribution < -0.4 is 14.4 Å². The van der Waals surface area contributed by atoms with Gasteiger partial charge in [-0.1, -0.05) is 11.6 Å². The summed E-state index contributed by atoms with van der Waals surface area (Å²) < 4.78 is 37.4. The highest BCUT2D eigenvalue weighted by atomic mass is 35.5. The maximum atomic E-state index is 13.2. The first kappa shape index (κ1) is 22.5. The Labute approximate surface area is 174 Å². The maximum absolute atomic E-state index is 13.2. The van der Waals surface area contributed by atoms with Gasteiger partial charge in [-0.15, -0.1) is 0 Å². The fourth-order valence-corrected chi connectivity index (χ4v) is 4.14. The molecule has 0 atom stereocenters. The van der Waals surface area contributed by atoms with Gasteiger partial charge in [-0.2, -0.15) is 0 Å². The van der Waals surface area contributed by atoms with E-state index in [-0.39, 0.29) is 28.1 Å². The fourth-order valence-electron chi connectivity index (χ4n) is 2.49. The zero-order valence-electron chi connectivity index (χ0n) is 16.1. The van der Waals surface area contributed by atoms with Gasteiger partial charge in [-0.05, 0) is 49.4 Å². The Morgan fingerprint density at radius 3 is 2.31 bits per heavy atom. The van der Waals surface area contributed by atoms with Gasteiger partial charge in [-0.3, -0.25) is 13.9 Å². The Morgan fingerprint density at radius 2 is 1.79 bits per heavy atom. The van der Waals surface area contributed by atoms with E-state index in [1.807, 2.05) is 0 Å². The monoisotopic (exact) mass is 440 g/mol. The Balaban J connectivity index is 2.47. The highest BCUT2D eigenvalue weighted by Crippen LogP contribution is 2.32. The first-order valence-electron chi connectivity index (χ1n) is 8.58. The number of hydrogen-bond acceptors (Lipinski definition) is 6. The number of carbonyl (C=O) groups is 2. The number of amides is 1. The smallest absolute Gasteiger partial charge is 0.326 e. The summed E-state index contributed by atoms with van der Waals surface area (Å²) in [4.78, 5) is 23.1. The number of benzene rings is 2. The molecule has 0 aromatic heterocycles. The average molecular weight is 441 g/mol. The van der Waals surface area contributed by atoms with Crippen LogP contribution in [0.1, 0.15) is 13.8 Å². The van der Waals surface area contributed by atoms with Crippen molar-refractivity contribution < 1.29 is 27.5 Å². The fraction of sp³-hybridized carbons (Fsp3) is 0.263. The molecule has 2 aromatic carbocycles. The van der Waals surface area contributed by atoms with Crippen molar-refractivity contribution in [3.8, 4) is 5.75 Å². The molecule has 10 heteroatoms. The molecule has 0 aliphatic heterocycles. The maximum Gasteiger partial charge on any atom is 0.326 e. The summed E-state index contributed by atoms with van der Waals surface area (Å²) in [6.07, 6.45) is 0. The second kappa shape index (κ2) is 9.62. The van der Waals surface area contributed by atoms with Gasteiger partial charge in [0.25, 0.3) is 10.0 Å². The molecule has 0 saturated heterocycles. The number of methoxy groups -OCH3 is 1. The number of carbonyl (C=O) groups excluding carboxylic acids is 2. The third-order valence-electron chi connectivity index (χ3n) is 3.76. The molecule has 1 amide bonds. The van der Waals surface area contributed by atoms with E-state index in [9.17, 15) is 18.0 Å². The van der Waals surface area contributed by atoms with Gasteiger partial charge < -0.3 is 14.8 Å². The zero-order valence-corrected chi connectivity index (χ0v) is 17.7. The molecule has 8 nitrogen and oxygen atoms in total. The first-order valence-corrected chi connectivity index (χ1v) is 10.4. The molecule has 2 rings (SSSR count). The zero-order chi connectivity index (χ0) is 21.6. The molecular weight excluding hydrogens is 420 g/mol. The van der Waals surface area contributed by atoms with Crippen LogP contribution in [0.25, 0.3) is 0 Å². The summed E-state index contributed by atoms with van der Waals surface area (Å²) in [6.45, 7) is 2.55. The summed E-state index contributed by atoms with van der Waals surface area (Å²) in [5.41, 5.74) is 0.621. The number of ether oxygens (including phenoxy) is 2. The van der Waals surface area contributed by atoms with Crippen LogP contribution in [0.5, 0.6) is 5.75 Å². The molecule has 1 N–H and O–H groups in total. The van der Waals surface area contributed by atoms with Gasteiger partial charge in [0.15, 0.2) is 0 Å². The molecule has 0 radical (unpaired) electrons. The van der Waals surface area contributed by atoms with Crippen LogP contribution in [0.3, 0.4) is 0 Å². The molecule has 0 saturated carbocycles. The molecule has 0 unspecified atom stereocenters. The highest BCUT2D eigenvalue weighted by molar-refractivity contribution is 7.92. The van der Waals surface area contributed by atoms with Gasteiger partial charge >= 0.3 is 5.97 Å². The quantitative estimate of drug-likeness (QED) is 0.633. The van der Waals surface area contributed by atoms with Gasteiger partial charge in [0, 0.05) is 12.6 Å². The average Bonchev–Trinajstić information content (AvgIpc) is 2.66. The first-order chi connectivity index (χ1) is 13.7. The largest absolute Gasteiger partial charge is 0.495 e. The van der Waals surface area contributed by atoms with Crippen LogP contribution in [0.15, 0.2) is 47.4 Å². The van der Waals surface area contributed by atoms with Crippen molar-refractivity contribution in [1.82, 2.24) is 0 Å². The minimum atomic E-state index is -4.13. The number of anilines is 2. The molecule has 0 fully saturated rings. The lowest BCUT2D eigenvalue weighted by molar-refractivity contribution is -0.141. The van der Waals surface area contributed by atoms with Crippen molar-refractivity contribution >= 4 is 44.9 Å². The summed E-state index contributed by atoms with van der Waals surface area (Å²) in [5, 5.41) is 2.75. The van der Waals surface area contributed by atoms with E-state index in [4.69, 9.17) is 21.1 Å². The molecule has 29 heavy (non-hydrogen) atoms. The van der Waals surface area contributed by atoms with Gasteiger partial charge in [0.05, 0.1) is 29.3 Å². The van der Waals surface area contributed by atoms with E-state index in [0.29, 0.717) is 11.4 Å². The number of hydrogen-bond donors (Lipinski definition) is 1. The van der Waals surface area contributed by atoms with Gasteiger partial charge in [0.1, 0.15) is 12.3 Å². The standard InChI is InChI=1S/C19H21ClN2O6S/c1-4-28-19(24)12-22(15-7-10-18(27-3)17(20)11-15)29(25,26)16-8-5-14(6-9-16)21-13(2)23/h5-11H,4,12H2,1-3H3,(H,21,23). The molecule has 0 aliphatic rings. The van der Waals surface area contributed by atoms with Crippen LogP contribution in [0, 0.1) is 0 Å². The van der Waals surface area contributed by atoms with Crippen LogP contribution in [0.2, 0.25) is 5.02 Å². The molecule has 156 valence electrons. The third kappa shape index (κ3) is 5.61. The van der Waals surface area contributed by atoms with Crippen molar-refractivity contribution in [1.29, 1.82) is 0 Å². The predicted octanol–water partition coefficient (Wildman–Crippen LogP) is 3.07. The second-order valence-corrected chi connectivity index (χ2v) is 8.11. The Kier molecular flexibility index (Phi) is 7.46. The number of sulfonamides is 1. The molecule has 0 bridgehead atoms. The van der Waals surface area contributed by atoms with E-state index in [1.54, 1.807) is 6.92 Å². The van der Waals surface area contributed by atoms with E-state index < -0.39 is 22.5 Å². The Morgan fingerprint density at radius 1 is 1.14 bits per heavy atom. The molecule has 0 spiro atoms. The molecule has 0 heterocycles. The summed E-state index contributed by atoms with van der Waals surface area (Å²) in [6, 6.07) is 9.96. The second-order valence-electron chi connectivity index (χ2n) is 5.84. The lowest BCUT2D eigenvalue weighted by Gasteiger charge is -2.24. The number of esters is 1. The minimum Gasteiger partial charge on any atom is -0.495 e. The van der Waals surface area contributed by atoms with Crippen molar-refractivity contribution in [2.45, 2.75) is 18.7 Å². The number of halogens is 1. The van der Waals surface area contributed by atoms with E-state index in [0.717, 1.165) is 4.31 Å². The third-order valence-corrected chi connectivity index (χ3v) is 5.85. The van der Waals surface area contributed by atoms with Crippen LogP contribution in [0.4, 0.5) is 11.4 Å². The lowest BCUT2D eigenvalue weighted by Crippen LogP contribution is -2.36. The van der Waals surface area contributed by atoms with E-state index in [1.165, 1.54) is 56.5 Å². The Hall–Kier alpha value is -2.78. The predicted molar refractivity (Wildman–Crippen MR) is 110 cm³/mol. The van der Waals surface area contributed by atoms with E-state index in [2.05, 4.69) is 5.32 Å². The van der Waals surface area contributed by atoms with Crippen molar-refractivity contribution in [3.63, 3.8) is 0 Å². The molecule has 0 aliphatic carbocycles. The Bertz CT molecular complexity index is 992. The van der Waals surface area contributed by atoms with Crippen LogP contribution in [-0.4, -0.2) is 40.6 Å². The van der Waals surface area contributed by atoms with Crippen molar-refractivity contribution in [2.24, 2.45) is 0 Å². The SMILES string of the molecule is CCOC(=O)CN(c1ccc(OC)c(Cl)c1)S(=O)(=O)c1ccc(NC(C)=O)cc1. The lowest BCUT2D eigenvalue weighted by atomic mass is 10.3. The summed E-state index contributed by atoms with van der Waals surface area (Å²) in [7, 11) is -2.69. The summed E-state index contributed by atoms with van der Waals surface area (Å²) >= 11 is 6.13. The van der Waals surface area contributed by atoms with Gasteiger partial charge in [-0.25, -0.2) is 8.42 Å². The molecule has 2 aromatic rings. The molecular formula is C19H21ClN2O6S. The van der Waals surface area contributed by atoms with Crippen LogP contribution in [-0.2, 0) is 24.3 Å². The number of rotatable bonds is 8. The minimum absolute atomic E-state index is 0.0668. The van der Waals surface area contributed by atoms with Gasteiger partial charge in [0.2, 0.25) is 5.91 Å². The topological polar surface area (TPSA) is 102 Å². The number of nitrogens with zero attached hydrogens (tertiary/aromatic N) is 1.